The van der Waals surface area contributed by atoms with Crippen LogP contribution in [0.5, 0.6) is 0 Å². The monoisotopic (exact) mass is 371 g/mol. The molecule has 3 rings (SSSR count). The number of thiazole rings is 1. The van der Waals surface area contributed by atoms with Crippen LogP contribution < -0.4 is 10.6 Å². The van der Waals surface area contributed by atoms with Crippen LogP contribution >= 0.6 is 22.9 Å². The van der Waals surface area contributed by atoms with E-state index in [-0.39, 0.29) is 18.4 Å². The van der Waals surface area contributed by atoms with Gasteiger partial charge in [0.1, 0.15) is 5.01 Å². The topological polar surface area (TPSA) is 71.1 Å². The number of nitrogens with zero attached hydrogens (tertiary/aromatic N) is 1. The molecule has 2 N–H and O–H groups in total. The number of nitrogens with one attached hydrogen (secondary N) is 2. The summed E-state index contributed by atoms with van der Waals surface area (Å²) in [4.78, 5) is 28.2. The Morgan fingerprint density at radius 2 is 1.84 bits per heavy atom. The van der Waals surface area contributed by atoms with Crippen LogP contribution in [-0.4, -0.2) is 23.3 Å². The smallest absolute Gasteiger partial charge is 0.253 e. The Hall–Kier alpha value is -2.70. The molecule has 0 aliphatic rings. The number of anilines is 1. The van der Waals surface area contributed by atoms with E-state index in [4.69, 9.17) is 11.6 Å². The normalized spacial score (nSPS) is 10.3. The van der Waals surface area contributed by atoms with E-state index in [1.807, 2.05) is 17.5 Å². The number of halogens is 1. The number of carbonyl (C=O) groups is 2. The van der Waals surface area contributed by atoms with E-state index in [2.05, 4.69) is 15.6 Å². The van der Waals surface area contributed by atoms with E-state index in [0.717, 1.165) is 10.6 Å². The Balaban J connectivity index is 1.54. The predicted octanol–water partition coefficient (Wildman–Crippen LogP) is 3.83. The third-order valence-corrected chi connectivity index (χ3v) is 4.53. The standard InChI is InChI=1S/C18H14ClN3O2S/c19-15-4-2-1-3-14(15)17(24)21-11-16(23)22-13-7-5-12(6-8-13)18-20-9-10-25-18/h1-10H,11H2,(H,21,24)(H,22,23). The number of hydrogen-bond donors (Lipinski definition) is 2. The van der Waals surface area contributed by atoms with E-state index in [0.29, 0.717) is 16.3 Å². The maximum Gasteiger partial charge on any atom is 0.253 e. The van der Waals surface area contributed by atoms with Crippen molar-refractivity contribution in [3.05, 3.63) is 70.7 Å². The lowest BCUT2D eigenvalue weighted by Crippen LogP contribution is -2.32. The van der Waals surface area contributed by atoms with Gasteiger partial charge in [-0.25, -0.2) is 4.98 Å². The first-order valence-corrected chi connectivity index (χ1v) is 8.72. The molecule has 5 nitrogen and oxygen atoms in total. The quantitative estimate of drug-likeness (QED) is 0.716. The van der Waals surface area contributed by atoms with Gasteiger partial charge in [0.2, 0.25) is 5.91 Å². The number of amides is 2. The summed E-state index contributed by atoms with van der Waals surface area (Å²) in [6.07, 6.45) is 1.75. The summed E-state index contributed by atoms with van der Waals surface area (Å²) in [5.41, 5.74) is 1.97. The number of hydrogen-bond acceptors (Lipinski definition) is 4. The van der Waals surface area contributed by atoms with Gasteiger partial charge in [-0.1, -0.05) is 23.7 Å². The van der Waals surface area contributed by atoms with Crippen LogP contribution in [-0.2, 0) is 4.79 Å². The lowest BCUT2D eigenvalue weighted by molar-refractivity contribution is -0.115. The zero-order valence-corrected chi connectivity index (χ0v) is 14.6. The minimum Gasteiger partial charge on any atom is -0.343 e. The van der Waals surface area contributed by atoms with Crippen LogP contribution in [0.3, 0.4) is 0 Å². The maximum atomic E-state index is 12.0. The number of aromatic nitrogens is 1. The van der Waals surface area contributed by atoms with Crippen molar-refractivity contribution in [3.8, 4) is 10.6 Å². The van der Waals surface area contributed by atoms with E-state index in [1.54, 1.807) is 53.9 Å². The Kier molecular flexibility index (Phi) is 5.42. The van der Waals surface area contributed by atoms with Gasteiger partial charge in [0.25, 0.3) is 5.91 Å². The van der Waals surface area contributed by atoms with Crippen molar-refractivity contribution >= 4 is 40.4 Å². The van der Waals surface area contributed by atoms with Gasteiger partial charge in [-0.3, -0.25) is 9.59 Å². The van der Waals surface area contributed by atoms with Crippen molar-refractivity contribution in [2.24, 2.45) is 0 Å². The second kappa shape index (κ2) is 7.92. The molecule has 0 saturated heterocycles. The van der Waals surface area contributed by atoms with E-state index in [9.17, 15) is 9.59 Å². The fourth-order valence-corrected chi connectivity index (χ4v) is 3.03. The SMILES string of the molecule is O=C(CNC(=O)c1ccccc1Cl)Nc1ccc(-c2nccs2)cc1. The van der Waals surface area contributed by atoms with E-state index < -0.39 is 0 Å². The van der Waals surface area contributed by atoms with Gasteiger partial charge in [-0.2, -0.15) is 0 Å². The highest BCUT2D eigenvalue weighted by Gasteiger charge is 2.11. The molecule has 126 valence electrons. The fraction of sp³-hybridized carbons (Fsp3) is 0.0556. The molecule has 0 aliphatic carbocycles. The van der Waals surface area contributed by atoms with Crippen LogP contribution in [0.1, 0.15) is 10.4 Å². The summed E-state index contributed by atoms with van der Waals surface area (Å²) in [6, 6.07) is 14.0. The number of rotatable bonds is 5. The highest BCUT2D eigenvalue weighted by molar-refractivity contribution is 7.13. The first-order valence-electron chi connectivity index (χ1n) is 7.46. The Labute approximate surface area is 153 Å². The average molecular weight is 372 g/mol. The third kappa shape index (κ3) is 4.43. The van der Waals surface area contributed by atoms with Gasteiger partial charge in [-0.05, 0) is 36.4 Å². The van der Waals surface area contributed by atoms with Crippen molar-refractivity contribution in [3.63, 3.8) is 0 Å². The van der Waals surface area contributed by atoms with Crippen molar-refractivity contribution in [2.45, 2.75) is 0 Å². The molecule has 0 bridgehead atoms. The lowest BCUT2D eigenvalue weighted by atomic mass is 10.2. The number of benzene rings is 2. The molecular formula is C18H14ClN3O2S. The molecule has 0 radical (unpaired) electrons. The van der Waals surface area contributed by atoms with Crippen molar-refractivity contribution < 1.29 is 9.59 Å². The summed E-state index contributed by atoms with van der Waals surface area (Å²) in [5.74, 6) is -0.706. The molecule has 25 heavy (non-hydrogen) atoms. The average Bonchev–Trinajstić information content (AvgIpc) is 3.15. The van der Waals surface area contributed by atoms with Gasteiger partial charge in [0, 0.05) is 22.8 Å². The summed E-state index contributed by atoms with van der Waals surface area (Å²) < 4.78 is 0. The van der Waals surface area contributed by atoms with Gasteiger partial charge in [0.05, 0.1) is 17.1 Å². The lowest BCUT2D eigenvalue weighted by Gasteiger charge is -2.08. The Morgan fingerprint density at radius 1 is 1.08 bits per heavy atom. The second-order valence-electron chi connectivity index (χ2n) is 5.13. The zero-order chi connectivity index (χ0) is 17.6. The fourth-order valence-electron chi connectivity index (χ4n) is 2.17. The van der Waals surface area contributed by atoms with Crippen LogP contribution in [0.2, 0.25) is 5.02 Å². The summed E-state index contributed by atoms with van der Waals surface area (Å²) in [6.45, 7) is -0.141. The van der Waals surface area contributed by atoms with Crippen LogP contribution in [0.25, 0.3) is 10.6 Å². The van der Waals surface area contributed by atoms with Gasteiger partial charge < -0.3 is 10.6 Å². The molecule has 0 atom stereocenters. The van der Waals surface area contributed by atoms with Crippen LogP contribution in [0.15, 0.2) is 60.1 Å². The first kappa shape index (κ1) is 17.1. The zero-order valence-electron chi connectivity index (χ0n) is 13.0. The van der Waals surface area contributed by atoms with Gasteiger partial charge >= 0.3 is 0 Å². The van der Waals surface area contributed by atoms with E-state index >= 15 is 0 Å². The molecule has 1 aromatic heterocycles. The van der Waals surface area contributed by atoms with Crippen molar-refractivity contribution in [2.75, 3.05) is 11.9 Å². The van der Waals surface area contributed by atoms with Gasteiger partial charge in [0.15, 0.2) is 0 Å². The molecule has 0 fully saturated rings. The van der Waals surface area contributed by atoms with Crippen LogP contribution in [0.4, 0.5) is 5.69 Å². The highest BCUT2D eigenvalue weighted by atomic mass is 35.5. The largest absolute Gasteiger partial charge is 0.343 e. The molecule has 0 spiro atoms. The Morgan fingerprint density at radius 3 is 2.52 bits per heavy atom. The number of carbonyl (C=O) groups excluding carboxylic acids is 2. The summed E-state index contributed by atoms with van der Waals surface area (Å²) in [5, 5.41) is 8.46. The van der Waals surface area contributed by atoms with Crippen LogP contribution in [0, 0.1) is 0 Å². The van der Waals surface area contributed by atoms with Gasteiger partial charge in [-0.15, -0.1) is 11.3 Å². The molecule has 1 heterocycles. The molecule has 2 amide bonds. The highest BCUT2D eigenvalue weighted by Crippen LogP contribution is 2.23. The van der Waals surface area contributed by atoms with Crippen molar-refractivity contribution in [1.29, 1.82) is 0 Å². The molecular weight excluding hydrogens is 358 g/mol. The predicted molar refractivity (Wildman–Crippen MR) is 100.0 cm³/mol. The summed E-state index contributed by atoms with van der Waals surface area (Å²) in [7, 11) is 0. The molecule has 2 aromatic carbocycles. The minimum absolute atomic E-state index is 0.141. The molecule has 7 heteroatoms. The minimum atomic E-state index is -0.389. The second-order valence-corrected chi connectivity index (χ2v) is 6.43. The summed E-state index contributed by atoms with van der Waals surface area (Å²) >= 11 is 7.51. The Bertz CT molecular complexity index is 880. The third-order valence-electron chi connectivity index (χ3n) is 3.38. The molecule has 0 unspecified atom stereocenters. The molecule has 3 aromatic rings. The maximum absolute atomic E-state index is 12.0. The molecule has 0 aliphatic heterocycles. The molecule has 0 saturated carbocycles. The first-order chi connectivity index (χ1) is 12.1. The van der Waals surface area contributed by atoms with E-state index in [1.165, 1.54) is 0 Å². The van der Waals surface area contributed by atoms with Crippen molar-refractivity contribution in [1.82, 2.24) is 10.3 Å².